The van der Waals surface area contributed by atoms with E-state index in [9.17, 15) is 4.39 Å². The fourth-order valence-electron chi connectivity index (χ4n) is 1.83. The standard InChI is InChI=1S/C12H8ClFN4/c1-6-3-2-4-7(14)9(6)12-16-8-5-15-18-10(8)11(13)17-12/h2-5H,1H3,(H,15,18). The summed E-state index contributed by atoms with van der Waals surface area (Å²) in [4.78, 5) is 8.37. The van der Waals surface area contributed by atoms with E-state index in [4.69, 9.17) is 11.6 Å². The van der Waals surface area contributed by atoms with Gasteiger partial charge < -0.3 is 0 Å². The van der Waals surface area contributed by atoms with Gasteiger partial charge in [-0.2, -0.15) is 5.10 Å². The molecule has 18 heavy (non-hydrogen) atoms. The molecule has 2 aromatic heterocycles. The minimum Gasteiger partial charge on any atom is -0.273 e. The summed E-state index contributed by atoms with van der Waals surface area (Å²) in [5, 5.41) is 6.76. The van der Waals surface area contributed by atoms with Crippen LogP contribution in [0.4, 0.5) is 4.39 Å². The molecule has 0 saturated carbocycles. The summed E-state index contributed by atoms with van der Waals surface area (Å²) in [6.45, 7) is 1.80. The largest absolute Gasteiger partial charge is 0.273 e. The van der Waals surface area contributed by atoms with Gasteiger partial charge in [-0.1, -0.05) is 23.7 Å². The number of aromatic amines is 1. The molecule has 1 N–H and O–H groups in total. The van der Waals surface area contributed by atoms with Crippen molar-refractivity contribution in [2.24, 2.45) is 0 Å². The monoisotopic (exact) mass is 262 g/mol. The lowest BCUT2D eigenvalue weighted by atomic mass is 10.1. The fourth-order valence-corrected chi connectivity index (χ4v) is 2.05. The number of nitrogens with one attached hydrogen (secondary N) is 1. The Bertz CT molecular complexity index is 718. The molecule has 0 spiro atoms. The summed E-state index contributed by atoms with van der Waals surface area (Å²) in [5.41, 5.74) is 2.23. The number of rotatable bonds is 1. The molecule has 0 aliphatic carbocycles. The van der Waals surface area contributed by atoms with Crippen LogP contribution in [0, 0.1) is 12.7 Å². The van der Waals surface area contributed by atoms with Gasteiger partial charge in [-0.15, -0.1) is 0 Å². The maximum atomic E-state index is 13.8. The molecule has 3 rings (SSSR count). The molecule has 0 aliphatic heterocycles. The quantitative estimate of drug-likeness (QED) is 0.686. The second kappa shape index (κ2) is 4.03. The zero-order valence-electron chi connectivity index (χ0n) is 9.41. The SMILES string of the molecule is Cc1cccc(F)c1-c1nc(Cl)c2[nH]ncc2n1. The minimum atomic E-state index is -0.367. The first-order chi connectivity index (χ1) is 8.66. The van der Waals surface area contributed by atoms with Gasteiger partial charge in [-0.25, -0.2) is 14.4 Å². The number of nitrogens with zero attached hydrogens (tertiary/aromatic N) is 3. The lowest BCUT2D eigenvalue weighted by molar-refractivity contribution is 0.629. The van der Waals surface area contributed by atoms with Gasteiger partial charge in [-0.3, -0.25) is 5.10 Å². The van der Waals surface area contributed by atoms with Crippen LogP contribution >= 0.6 is 11.6 Å². The third-order valence-electron chi connectivity index (χ3n) is 2.70. The number of fused-ring (bicyclic) bond motifs is 1. The van der Waals surface area contributed by atoms with Crippen molar-refractivity contribution in [1.29, 1.82) is 0 Å². The molecule has 90 valence electrons. The average molecular weight is 263 g/mol. The number of aryl methyl sites for hydroxylation is 1. The van der Waals surface area contributed by atoms with E-state index >= 15 is 0 Å². The molecule has 0 bridgehead atoms. The van der Waals surface area contributed by atoms with E-state index in [1.807, 2.05) is 0 Å². The topological polar surface area (TPSA) is 54.5 Å². The van der Waals surface area contributed by atoms with E-state index in [2.05, 4.69) is 20.2 Å². The zero-order valence-corrected chi connectivity index (χ0v) is 10.2. The molecule has 0 fully saturated rings. The number of halogens is 2. The first kappa shape index (κ1) is 11.1. The van der Waals surface area contributed by atoms with Crippen LogP contribution in [0.25, 0.3) is 22.4 Å². The van der Waals surface area contributed by atoms with E-state index in [-0.39, 0.29) is 16.8 Å². The lowest BCUT2D eigenvalue weighted by Crippen LogP contribution is -1.96. The molecule has 0 saturated heterocycles. The Kier molecular flexibility index (Phi) is 2.48. The van der Waals surface area contributed by atoms with Crippen LogP contribution in [0.15, 0.2) is 24.4 Å². The van der Waals surface area contributed by atoms with Gasteiger partial charge in [0, 0.05) is 0 Å². The highest BCUT2D eigenvalue weighted by atomic mass is 35.5. The number of hydrogen-bond donors (Lipinski definition) is 1. The van der Waals surface area contributed by atoms with Crippen molar-refractivity contribution in [3.8, 4) is 11.4 Å². The van der Waals surface area contributed by atoms with Crippen molar-refractivity contribution in [2.45, 2.75) is 6.92 Å². The molecular weight excluding hydrogens is 255 g/mol. The molecule has 0 unspecified atom stereocenters. The molecule has 2 heterocycles. The van der Waals surface area contributed by atoms with Gasteiger partial charge in [0.15, 0.2) is 11.0 Å². The van der Waals surface area contributed by atoms with Crippen LogP contribution in [0.5, 0.6) is 0 Å². The van der Waals surface area contributed by atoms with Crippen LogP contribution in [-0.2, 0) is 0 Å². The summed E-state index contributed by atoms with van der Waals surface area (Å²) in [5.74, 6) is -0.0987. The van der Waals surface area contributed by atoms with Crippen molar-refractivity contribution >= 4 is 22.6 Å². The normalized spacial score (nSPS) is 11.1. The number of H-pyrrole nitrogens is 1. The van der Waals surface area contributed by atoms with Gasteiger partial charge in [0.2, 0.25) is 0 Å². The van der Waals surface area contributed by atoms with Gasteiger partial charge in [0.05, 0.1) is 11.8 Å². The van der Waals surface area contributed by atoms with Gasteiger partial charge in [0.1, 0.15) is 16.9 Å². The first-order valence-electron chi connectivity index (χ1n) is 5.29. The molecule has 1 aromatic carbocycles. The minimum absolute atomic E-state index is 0.232. The van der Waals surface area contributed by atoms with Gasteiger partial charge in [-0.05, 0) is 18.6 Å². The third-order valence-corrected chi connectivity index (χ3v) is 2.98. The maximum absolute atomic E-state index is 13.8. The third kappa shape index (κ3) is 1.64. The molecule has 6 heteroatoms. The summed E-state index contributed by atoms with van der Waals surface area (Å²) < 4.78 is 13.8. The lowest BCUT2D eigenvalue weighted by Gasteiger charge is -2.06. The van der Waals surface area contributed by atoms with Crippen LogP contribution in [0.1, 0.15) is 5.56 Å². The Balaban J connectivity index is 2.31. The highest BCUT2D eigenvalue weighted by Gasteiger charge is 2.14. The van der Waals surface area contributed by atoms with E-state index in [0.717, 1.165) is 5.56 Å². The Hall–Kier alpha value is -2.01. The summed E-state index contributed by atoms with van der Waals surface area (Å²) in [6.07, 6.45) is 1.53. The van der Waals surface area contributed by atoms with E-state index in [1.54, 1.807) is 19.1 Å². The number of aromatic nitrogens is 4. The summed E-state index contributed by atoms with van der Waals surface area (Å²) >= 11 is 6.01. The van der Waals surface area contributed by atoms with E-state index in [1.165, 1.54) is 12.3 Å². The average Bonchev–Trinajstić information content (AvgIpc) is 2.77. The second-order valence-electron chi connectivity index (χ2n) is 3.90. The van der Waals surface area contributed by atoms with Crippen molar-refractivity contribution in [2.75, 3.05) is 0 Å². The van der Waals surface area contributed by atoms with Crippen molar-refractivity contribution in [3.63, 3.8) is 0 Å². The predicted octanol–water partition coefficient (Wildman–Crippen LogP) is 3.12. The van der Waals surface area contributed by atoms with Crippen LogP contribution in [-0.4, -0.2) is 20.2 Å². The van der Waals surface area contributed by atoms with Crippen molar-refractivity contribution < 1.29 is 4.39 Å². The van der Waals surface area contributed by atoms with Crippen LogP contribution in [0.3, 0.4) is 0 Å². The zero-order chi connectivity index (χ0) is 12.7. The maximum Gasteiger partial charge on any atom is 0.164 e. The number of benzene rings is 1. The van der Waals surface area contributed by atoms with E-state index < -0.39 is 0 Å². The Morgan fingerprint density at radius 1 is 1.28 bits per heavy atom. The molecule has 0 amide bonds. The number of hydrogen-bond acceptors (Lipinski definition) is 3. The highest BCUT2D eigenvalue weighted by Crippen LogP contribution is 2.27. The van der Waals surface area contributed by atoms with E-state index in [0.29, 0.717) is 16.6 Å². The predicted molar refractivity (Wildman–Crippen MR) is 66.8 cm³/mol. The second-order valence-corrected chi connectivity index (χ2v) is 4.26. The Labute approximate surface area is 107 Å². The Morgan fingerprint density at radius 3 is 2.89 bits per heavy atom. The summed E-state index contributed by atoms with van der Waals surface area (Å²) in [6, 6.07) is 4.82. The van der Waals surface area contributed by atoms with Crippen LogP contribution in [0.2, 0.25) is 5.15 Å². The van der Waals surface area contributed by atoms with Crippen molar-refractivity contribution in [3.05, 3.63) is 40.9 Å². The molecule has 0 radical (unpaired) electrons. The molecule has 4 nitrogen and oxygen atoms in total. The fraction of sp³-hybridized carbons (Fsp3) is 0.0833. The first-order valence-corrected chi connectivity index (χ1v) is 5.66. The molecule has 0 atom stereocenters. The van der Waals surface area contributed by atoms with Gasteiger partial charge >= 0.3 is 0 Å². The smallest absolute Gasteiger partial charge is 0.164 e. The molecule has 3 aromatic rings. The highest BCUT2D eigenvalue weighted by molar-refractivity contribution is 6.33. The summed E-state index contributed by atoms with van der Waals surface area (Å²) in [7, 11) is 0. The molecule has 0 aliphatic rings. The Morgan fingerprint density at radius 2 is 2.11 bits per heavy atom. The molecular formula is C12H8ClFN4. The van der Waals surface area contributed by atoms with Crippen LogP contribution < -0.4 is 0 Å². The van der Waals surface area contributed by atoms with Crippen molar-refractivity contribution in [1.82, 2.24) is 20.2 Å². The van der Waals surface area contributed by atoms with Gasteiger partial charge in [0.25, 0.3) is 0 Å².